The Balaban J connectivity index is 1.32. The third kappa shape index (κ3) is 3.98. The zero-order valence-corrected chi connectivity index (χ0v) is 16.3. The molecule has 1 atom stereocenters. The summed E-state index contributed by atoms with van der Waals surface area (Å²) in [6, 6.07) is 19.1. The number of piperidine rings is 1. The summed E-state index contributed by atoms with van der Waals surface area (Å²) in [5, 5.41) is 8.46. The van der Waals surface area contributed by atoms with E-state index in [-0.39, 0.29) is 0 Å². The maximum atomic E-state index is 4.82. The van der Waals surface area contributed by atoms with E-state index in [0.717, 1.165) is 48.8 Å². The van der Waals surface area contributed by atoms with Gasteiger partial charge in [0.25, 0.3) is 0 Å². The van der Waals surface area contributed by atoms with Crippen molar-refractivity contribution in [2.45, 2.75) is 25.4 Å². The smallest absolute Gasteiger partial charge is 0.154 e. The van der Waals surface area contributed by atoms with Gasteiger partial charge in [0.15, 0.2) is 5.65 Å². The second-order valence-electron chi connectivity index (χ2n) is 7.57. The van der Waals surface area contributed by atoms with Crippen LogP contribution in [0.25, 0.3) is 16.9 Å². The fourth-order valence-corrected chi connectivity index (χ4v) is 4.04. The SMILES string of the molecule is c1ccc(CN2CCCC(Nc3ccc4ncc(-c5ccncc5)n4n3)C2)cc1. The van der Waals surface area contributed by atoms with E-state index in [9.17, 15) is 0 Å². The molecule has 4 heterocycles. The molecule has 5 rings (SSSR count). The number of nitrogens with one attached hydrogen (secondary N) is 1. The molecule has 0 amide bonds. The first-order valence-electron chi connectivity index (χ1n) is 10.1. The fourth-order valence-electron chi connectivity index (χ4n) is 4.04. The van der Waals surface area contributed by atoms with Crippen molar-refractivity contribution in [3.05, 3.63) is 78.8 Å². The van der Waals surface area contributed by atoms with Gasteiger partial charge in [-0.15, -0.1) is 5.10 Å². The zero-order chi connectivity index (χ0) is 19.5. The lowest BCUT2D eigenvalue weighted by Crippen LogP contribution is -2.41. The van der Waals surface area contributed by atoms with Gasteiger partial charge in [0.05, 0.1) is 11.9 Å². The third-order valence-corrected chi connectivity index (χ3v) is 5.44. The van der Waals surface area contributed by atoms with Crippen LogP contribution in [0.5, 0.6) is 0 Å². The lowest BCUT2D eigenvalue weighted by Gasteiger charge is -2.33. The summed E-state index contributed by atoms with van der Waals surface area (Å²) in [6.07, 6.45) is 7.80. The molecular formula is C23H24N6. The highest BCUT2D eigenvalue weighted by atomic mass is 15.3. The van der Waals surface area contributed by atoms with Gasteiger partial charge in [-0.3, -0.25) is 9.88 Å². The Morgan fingerprint density at radius 3 is 2.72 bits per heavy atom. The highest BCUT2D eigenvalue weighted by molar-refractivity contribution is 5.63. The fraction of sp³-hybridized carbons (Fsp3) is 0.261. The van der Waals surface area contributed by atoms with Crippen LogP contribution in [0.2, 0.25) is 0 Å². The second kappa shape index (κ2) is 8.01. The van der Waals surface area contributed by atoms with Gasteiger partial charge in [-0.25, -0.2) is 9.50 Å². The van der Waals surface area contributed by atoms with Gasteiger partial charge in [0.2, 0.25) is 0 Å². The number of imidazole rings is 1. The second-order valence-corrected chi connectivity index (χ2v) is 7.57. The van der Waals surface area contributed by atoms with Gasteiger partial charge >= 0.3 is 0 Å². The largest absolute Gasteiger partial charge is 0.365 e. The summed E-state index contributed by atoms with van der Waals surface area (Å²) in [5.41, 5.74) is 4.24. The van der Waals surface area contributed by atoms with Crippen molar-refractivity contribution >= 4 is 11.5 Å². The summed E-state index contributed by atoms with van der Waals surface area (Å²) in [5.74, 6) is 0.886. The summed E-state index contributed by atoms with van der Waals surface area (Å²) in [6.45, 7) is 3.17. The van der Waals surface area contributed by atoms with Gasteiger partial charge in [-0.05, 0) is 49.2 Å². The van der Waals surface area contributed by atoms with Crippen molar-refractivity contribution in [3.8, 4) is 11.3 Å². The van der Waals surface area contributed by atoms with Gasteiger partial charge < -0.3 is 5.32 Å². The van der Waals surface area contributed by atoms with Crippen LogP contribution in [0.4, 0.5) is 5.82 Å². The monoisotopic (exact) mass is 384 g/mol. The van der Waals surface area contributed by atoms with E-state index in [2.05, 4.69) is 50.5 Å². The topological polar surface area (TPSA) is 58.3 Å². The average Bonchev–Trinajstić information content (AvgIpc) is 3.19. The Kier molecular flexibility index (Phi) is 4.92. The number of benzene rings is 1. The summed E-state index contributed by atoms with van der Waals surface area (Å²) >= 11 is 0. The average molecular weight is 384 g/mol. The maximum Gasteiger partial charge on any atom is 0.154 e. The number of hydrogen-bond donors (Lipinski definition) is 1. The van der Waals surface area contributed by atoms with Crippen LogP contribution in [0.15, 0.2) is 73.2 Å². The molecule has 29 heavy (non-hydrogen) atoms. The van der Waals surface area contributed by atoms with Crippen molar-refractivity contribution in [2.75, 3.05) is 18.4 Å². The number of aromatic nitrogens is 4. The Labute approximate surface area is 170 Å². The summed E-state index contributed by atoms with van der Waals surface area (Å²) < 4.78 is 1.90. The molecule has 0 saturated carbocycles. The van der Waals surface area contributed by atoms with E-state index in [1.807, 2.05) is 35.0 Å². The van der Waals surface area contributed by atoms with E-state index in [1.165, 1.54) is 12.0 Å². The molecule has 6 heteroatoms. The quantitative estimate of drug-likeness (QED) is 0.566. The zero-order valence-electron chi connectivity index (χ0n) is 16.3. The molecular weight excluding hydrogens is 360 g/mol. The summed E-state index contributed by atoms with van der Waals surface area (Å²) in [4.78, 5) is 11.1. The lowest BCUT2D eigenvalue weighted by molar-refractivity contribution is 0.208. The van der Waals surface area contributed by atoms with E-state index in [0.29, 0.717) is 6.04 Å². The molecule has 0 spiro atoms. The minimum Gasteiger partial charge on any atom is -0.365 e. The number of nitrogens with zero attached hydrogens (tertiary/aromatic N) is 5. The predicted molar refractivity (Wildman–Crippen MR) is 115 cm³/mol. The van der Waals surface area contributed by atoms with Crippen LogP contribution in [-0.2, 0) is 6.54 Å². The highest BCUT2D eigenvalue weighted by Gasteiger charge is 2.20. The number of likely N-dealkylation sites (tertiary alicyclic amines) is 1. The maximum absolute atomic E-state index is 4.82. The molecule has 0 aliphatic carbocycles. The molecule has 1 aliphatic rings. The Morgan fingerprint density at radius 1 is 1.00 bits per heavy atom. The van der Waals surface area contributed by atoms with Crippen molar-refractivity contribution in [1.29, 1.82) is 0 Å². The molecule has 1 aliphatic heterocycles. The Hall–Kier alpha value is -3.25. The van der Waals surface area contributed by atoms with Crippen molar-refractivity contribution in [2.24, 2.45) is 0 Å². The third-order valence-electron chi connectivity index (χ3n) is 5.44. The van der Waals surface area contributed by atoms with Crippen LogP contribution >= 0.6 is 0 Å². The molecule has 1 aromatic carbocycles. The summed E-state index contributed by atoms with van der Waals surface area (Å²) in [7, 11) is 0. The lowest BCUT2D eigenvalue weighted by atomic mass is 10.0. The van der Waals surface area contributed by atoms with Crippen LogP contribution < -0.4 is 5.32 Å². The molecule has 6 nitrogen and oxygen atoms in total. The van der Waals surface area contributed by atoms with Crippen LogP contribution in [0, 0.1) is 0 Å². The van der Waals surface area contributed by atoms with Gasteiger partial charge in [0.1, 0.15) is 5.82 Å². The van der Waals surface area contributed by atoms with E-state index < -0.39 is 0 Å². The van der Waals surface area contributed by atoms with Gasteiger partial charge in [0, 0.05) is 37.1 Å². The molecule has 1 N–H and O–H groups in total. The van der Waals surface area contributed by atoms with E-state index in [4.69, 9.17) is 5.10 Å². The minimum absolute atomic E-state index is 0.394. The van der Waals surface area contributed by atoms with Crippen LogP contribution in [-0.4, -0.2) is 43.6 Å². The number of anilines is 1. The van der Waals surface area contributed by atoms with E-state index >= 15 is 0 Å². The predicted octanol–water partition coefficient (Wildman–Crippen LogP) is 3.87. The molecule has 4 aromatic rings. The standard InChI is InChI=1S/C23H24N6/c1-2-5-18(6-3-1)16-28-14-4-7-20(17-28)26-22-8-9-23-25-15-21(29(23)27-22)19-10-12-24-13-11-19/h1-3,5-6,8-13,15,20H,4,7,14,16-17H2,(H,26,27). The Morgan fingerprint density at radius 2 is 1.86 bits per heavy atom. The normalized spacial score (nSPS) is 17.4. The van der Waals surface area contributed by atoms with E-state index in [1.54, 1.807) is 12.4 Å². The molecule has 0 radical (unpaired) electrons. The molecule has 0 bridgehead atoms. The molecule has 3 aromatic heterocycles. The minimum atomic E-state index is 0.394. The number of rotatable bonds is 5. The highest BCUT2D eigenvalue weighted by Crippen LogP contribution is 2.21. The first-order valence-corrected chi connectivity index (χ1v) is 10.1. The molecule has 1 unspecified atom stereocenters. The van der Waals surface area contributed by atoms with Crippen LogP contribution in [0.1, 0.15) is 18.4 Å². The van der Waals surface area contributed by atoms with Crippen molar-refractivity contribution in [1.82, 2.24) is 24.5 Å². The van der Waals surface area contributed by atoms with Crippen LogP contribution in [0.3, 0.4) is 0 Å². The van der Waals surface area contributed by atoms with Crippen molar-refractivity contribution in [3.63, 3.8) is 0 Å². The number of hydrogen-bond acceptors (Lipinski definition) is 5. The molecule has 146 valence electrons. The first-order chi connectivity index (χ1) is 14.3. The number of pyridine rings is 1. The first kappa shape index (κ1) is 17.8. The van der Waals surface area contributed by atoms with Gasteiger partial charge in [-0.2, -0.15) is 0 Å². The number of fused-ring (bicyclic) bond motifs is 1. The molecule has 1 saturated heterocycles. The van der Waals surface area contributed by atoms with Crippen molar-refractivity contribution < 1.29 is 0 Å². The molecule has 1 fully saturated rings. The Bertz CT molecular complexity index is 1080. The van der Waals surface area contributed by atoms with Gasteiger partial charge in [-0.1, -0.05) is 30.3 Å².